The molecule has 5 nitrogen and oxygen atoms in total. The van der Waals surface area contributed by atoms with Gasteiger partial charge in [0.25, 0.3) is 5.91 Å². The molecular formula is C13H15F3N2O3S2. The predicted molar refractivity (Wildman–Crippen MR) is 80.9 cm³/mol. The standard InChI is InChI=1S/C13H15F3N2O3S2/c14-13(15,16)9-17-23(20,21)11-3-1-2-10(8-11)12(19)18-4-6-22-7-5-18/h1-3,8,17H,4-7,9H2. The molecule has 1 N–H and O–H groups in total. The summed E-state index contributed by atoms with van der Waals surface area (Å²) in [6, 6.07) is 5.05. The van der Waals surface area contributed by atoms with Gasteiger partial charge in [-0.1, -0.05) is 6.07 Å². The number of hydrogen-bond donors (Lipinski definition) is 1. The fraction of sp³-hybridized carbons (Fsp3) is 0.462. The maximum Gasteiger partial charge on any atom is 0.402 e. The molecule has 1 fully saturated rings. The summed E-state index contributed by atoms with van der Waals surface area (Å²) in [5.74, 6) is 1.28. The molecule has 0 atom stereocenters. The van der Waals surface area contributed by atoms with Crippen molar-refractivity contribution in [3.63, 3.8) is 0 Å². The average Bonchev–Trinajstić information content (AvgIpc) is 2.53. The molecule has 0 aromatic heterocycles. The number of sulfonamides is 1. The Morgan fingerprint density at radius 2 is 1.91 bits per heavy atom. The number of carbonyl (C=O) groups is 1. The van der Waals surface area contributed by atoms with E-state index in [1.807, 2.05) is 0 Å². The second-order valence-electron chi connectivity index (χ2n) is 4.87. The Kier molecular flexibility index (Phi) is 5.58. The summed E-state index contributed by atoms with van der Waals surface area (Å²) in [7, 11) is -4.33. The zero-order valence-electron chi connectivity index (χ0n) is 12.0. The number of nitrogens with zero attached hydrogens (tertiary/aromatic N) is 1. The summed E-state index contributed by atoms with van der Waals surface area (Å²) < 4.78 is 61.7. The highest BCUT2D eigenvalue weighted by Gasteiger charge is 2.30. The quantitative estimate of drug-likeness (QED) is 0.879. The minimum Gasteiger partial charge on any atom is -0.337 e. The molecule has 1 amide bonds. The van der Waals surface area contributed by atoms with Gasteiger partial charge >= 0.3 is 6.18 Å². The molecule has 1 aliphatic rings. The summed E-state index contributed by atoms with van der Waals surface area (Å²) in [5, 5.41) is 0. The maximum atomic E-state index is 12.3. The first kappa shape index (κ1) is 18.1. The third-order valence-corrected chi connectivity index (χ3v) is 5.49. The molecule has 1 aromatic rings. The number of amides is 1. The molecule has 0 spiro atoms. The summed E-state index contributed by atoms with van der Waals surface area (Å²) in [6.07, 6.45) is -4.65. The Morgan fingerprint density at radius 3 is 2.52 bits per heavy atom. The van der Waals surface area contributed by atoms with Crippen LogP contribution in [0.3, 0.4) is 0 Å². The molecule has 1 heterocycles. The molecule has 0 aliphatic carbocycles. The van der Waals surface area contributed by atoms with Gasteiger partial charge in [0.15, 0.2) is 0 Å². The first-order valence-corrected chi connectivity index (χ1v) is 9.36. The largest absolute Gasteiger partial charge is 0.402 e. The van der Waals surface area contributed by atoms with Crippen LogP contribution in [0.5, 0.6) is 0 Å². The van der Waals surface area contributed by atoms with Crippen LogP contribution < -0.4 is 4.72 Å². The van der Waals surface area contributed by atoms with E-state index in [4.69, 9.17) is 0 Å². The molecule has 0 saturated carbocycles. The minimum absolute atomic E-state index is 0.145. The van der Waals surface area contributed by atoms with Crippen LogP contribution in [-0.2, 0) is 10.0 Å². The van der Waals surface area contributed by atoms with Crippen molar-refractivity contribution in [1.82, 2.24) is 9.62 Å². The van der Waals surface area contributed by atoms with E-state index in [9.17, 15) is 26.4 Å². The van der Waals surface area contributed by atoms with Crippen molar-refractivity contribution in [2.24, 2.45) is 0 Å². The monoisotopic (exact) mass is 368 g/mol. The number of carbonyl (C=O) groups excluding carboxylic acids is 1. The van der Waals surface area contributed by atoms with E-state index < -0.39 is 22.7 Å². The van der Waals surface area contributed by atoms with Gasteiger partial charge in [-0.3, -0.25) is 4.79 Å². The van der Waals surface area contributed by atoms with E-state index >= 15 is 0 Å². The highest BCUT2D eigenvalue weighted by molar-refractivity contribution is 7.99. The lowest BCUT2D eigenvalue weighted by Gasteiger charge is -2.26. The highest BCUT2D eigenvalue weighted by Crippen LogP contribution is 2.18. The van der Waals surface area contributed by atoms with Crippen LogP contribution in [0.1, 0.15) is 10.4 Å². The molecule has 0 bridgehead atoms. The van der Waals surface area contributed by atoms with Crippen molar-refractivity contribution >= 4 is 27.7 Å². The number of rotatable bonds is 4. The Labute approximate surface area is 136 Å². The third kappa shape index (κ3) is 5.11. The third-order valence-electron chi connectivity index (χ3n) is 3.15. The maximum absolute atomic E-state index is 12.3. The lowest BCUT2D eigenvalue weighted by Crippen LogP contribution is -2.38. The van der Waals surface area contributed by atoms with Gasteiger partial charge in [0.2, 0.25) is 10.0 Å². The van der Waals surface area contributed by atoms with Crippen molar-refractivity contribution in [1.29, 1.82) is 0 Å². The highest BCUT2D eigenvalue weighted by atomic mass is 32.2. The van der Waals surface area contributed by atoms with Gasteiger partial charge in [0, 0.05) is 30.2 Å². The molecule has 10 heteroatoms. The fourth-order valence-electron chi connectivity index (χ4n) is 2.01. The van der Waals surface area contributed by atoms with Crippen LogP contribution >= 0.6 is 11.8 Å². The topological polar surface area (TPSA) is 66.5 Å². The van der Waals surface area contributed by atoms with Gasteiger partial charge in [0.1, 0.15) is 6.54 Å². The minimum atomic E-state index is -4.65. The number of alkyl halides is 3. The van der Waals surface area contributed by atoms with Crippen LogP contribution in [0.25, 0.3) is 0 Å². The summed E-state index contributed by atoms with van der Waals surface area (Å²) in [4.78, 5) is 13.6. The van der Waals surface area contributed by atoms with Gasteiger partial charge in [-0.25, -0.2) is 13.1 Å². The van der Waals surface area contributed by atoms with Gasteiger partial charge in [-0.2, -0.15) is 24.9 Å². The number of hydrogen-bond acceptors (Lipinski definition) is 4. The second-order valence-corrected chi connectivity index (χ2v) is 7.86. The lowest BCUT2D eigenvalue weighted by molar-refractivity contribution is -0.121. The van der Waals surface area contributed by atoms with E-state index in [0.717, 1.165) is 23.6 Å². The zero-order valence-corrected chi connectivity index (χ0v) is 13.6. The van der Waals surface area contributed by atoms with Gasteiger partial charge < -0.3 is 4.90 Å². The van der Waals surface area contributed by atoms with Crippen LogP contribution in [-0.4, -0.2) is 56.5 Å². The van der Waals surface area contributed by atoms with Gasteiger partial charge in [0.05, 0.1) is 4.90 Å². The molecule has 0 radical (unpaired) electrons. The molecule has 1 saturated heterocycles. The Morgan fingerprint density at radius 1 is 1.26 bits per heavy atom. The molecule has 23 heavy (non-hydrogen) atoms. The van der Waals surface area contributed by atoms with Crippen molar-refractivity contribution in [2.45, 2.75) is 11.1 Å². The van der Waals surface area contributed by atoms with E-state index in [0.29, 0.717) is 13.1 Å². The number of nitrogens with one attached hydrogen (secondary N) is 1. The van der Waals surface area contributed by atoms with E-state index in [2.05, 4.69) is 0 Å². The normalized spacial score (nSPS) is 16.4. The van der Waals surface area contributed by atoms with E-state index in [1.54, 1.807) is 16.7 Å². The summed E-state index contributed by atoms with van der Waals surface area (Å²) in [5.41, 5.74) is 0.145. The van der Waals surface area contributed by atoms with Crippen LogP contribution in [0.15, 0.2) is 29.2 Å². The summed E-state index contributed by atoms with van der Waals surface area (Å²) >= 11 is 1.72. The van der Waals surface area contributed by atoms with Crippen molar-refractivity contribution < 1.29 is 26.4 Å². The zero-order chi connectivity index (χ0) is 17.1. The molecule has 1 aliphatic heterocycles. The molecule has 2 rings (SSSR count). The number of benzene rings is 1. The van der Waals surface area contributed by atoms with Gasteiger partial charge in [-0.05, 0) is 18.2 Å². The molecule has 1 aromatic carbocycles. The average molecular weight is 368 g/mol. The van der Waals surface area contributed by atoms with E-state index in [1.165, 1.54) is 16.9 Å². The predicted octanol–water partition coefficient (Wildman–Crippen LogP) is 1.72. The van der Waals surface area contributed by atoms with Gasteiger partial charge in [-0.15, -0.1) is 0 Å². The molecular weight excluding hydrogens is 353 g/mol. The Hall–Kier alpha value is -1.26. The number of halogens is 3. The lowest BCUT2D eigenvalue weighted by atomic mass is 10.2. The fourth-order valence-corrected chi connectivity index (χ4v) is 3.97. The summed E-state index contributed by atoms with van der Waals surface area (Å²) in [6.45, 7) is -0.531. The molecule has 0 unspecified atom stereocenters. The van der Waals surface area contributed by atoms with Crippen molar-refractivity contribution in [3.8, 4) is 0 Å². The van der Waals surface area contributed by atoms with Crippen LogP contribution in [0, 0.1) is 0 Å². The second kappa shape index (κ2) is 7.10. The smallest absolute Gasteiger partial charge is 0.337 e. The van der Waals surface area contributed by atoms with Crippen LogP contribution in [0.4, 0.5) is 13.2 Å². The van der Waals surface area contributed by atoms with E-state index in [-0.39, 0.29) is 16.4 Å². The van der Waals surface area contributed by atoms with Crippen LogP contribution in [0.2, 0.25) is 0 Å². The number of thioether (sulfide) groups is 1. The Bertz CT molecular complexity index is 671. The first-order chi connectivity index (χ1) is 10.7. The SMILES string of the molecule is O=C(c1cccc(S(=O)(=O)NCC(F)(F)F)c1)N1CCSCC1. The Balaban J connectivity index is 2.17. The van der Waals surface area contributed by atoms with Crippen molar-refractivity contribution in [3.05, 3.63) is 29.8 Å². The molecule has 128 valence electrons. The van der Waals surface area contributed by atoms with Crippen molar-refractivity contribution in [2.75, 3.05) is 31.1 Å². The first-order valence-electron chi connectivity index (χ1n) is 6.72.